The largest absolute Gasteiger partial charge is 0.466 e. The fourth-order valence-electron chi connectivity index (χ4n) is 1.49. The average molecular weight is 175 g/mol. The molecule has 68 valence electrons. The van der Waals surface area contributed by atoms with E-state index in [-0.39, 0.29) is 6.04 Å². The third-order valence-corrected chi connectivity index (χ3v) is 2.32. The summed E-state index contributed by atoms with van der Waals surface area (Å²) in [4.78, 5) is 0. The molecular formula is C11H13NO. The van der Waals surface area contributed by atoms with Gasteiger partial charge in [-0.1, -0.05) is 31.2 Å². The molecule has 13 heavy (non-hydrogen) atoms. The minimum Gasteiger partial charge on any atom is -0.466 e. The molecule has 2 nitrogen and oxygen atoms in total. The molecule has 1 heterocycles. The standard InChI is InChI=1S/C11H13NO/c1-2-10(12)11-9-6-4-3-5-8(9)7-13-11/h3-7,10H,2,12H2,1H3. The Morgan fingerprint density at radius 2 is 2.15 bits per heavy atom. The predicted octanol–water partition coefficient (Wildman–Crippen LogP) is 2.84. The van der Waals surface area contributed by atoms with Gasteiger partial charge in [-0.2, -0.15) is 0 Å². The number of hydrogen-bond donors (Lipinski definition) is 1. The smallest absolute Gasteiger partial charge is 0.128 e. The van der Waals surface area contributed by atoms with Gasteiger partial charge in [-0.3, -0.25) is 0 Å². The average Bonchev–Trinajstić information content (AvgIpc) is 2.60. The number of benzene rings is 1. The Labute approximate surface area is 77.3 Å². The molecule has 2 N–H and O–H groups in total. The monoisotopic (exact) mass is 175 g/mol. The van der Waals surface area contributed by atoms with Crippen molar-refractivity contribution < 1.29 is 4.42 Å². The van der Waals surface area contributed by atoms with Gasteiger partial charge in [0.1, 0.15) is 5.76 Å². The first-order valence-corrected chi connectivity index (χ1v) is 4.54. The van der Waals surface area contributed by atoms with E-state index in [9.17, 15) is 0 Å². The molecule has 0 radical (unpaired) electrons. The number of fused-ring (bicyclic) bond motifs is 1. The number of furan rings is 1. The van der Waals surface area contributed by atoms with Gasteiger partial charge < -0.3 is 10.2 Å². The minimum absolute atomic E-state index is 0.0138. The van der Waals surface area contributed by atoms with Crippen molar-refractivity contribution in [1.29, 1.82) is 0 Å². The summed E-state index contributed by atoms with van der Waals surface area (Å²) in [6, 6.07) is 8.09. The Balaban J connectivity index is 2.57. The first-order chi connectivity index (χ1) is 6.33. The van der Waals surface area contributed by atoms with Gasteiger partial charge in [-0.25, -0.2) is 0 Å². The molecule has 2 aromatic rings. The molecule has 1 aromatic carbocycles. The number of nitrogens with two attached hydrogens (primary N) is 1. The summed E-state index contributed by atoms with van der Waals surface area (Å²) in [6.07, 6.45) is 2.66. The summed E-state index contributed by atoms with van der Waals surface area (Å²) >= 11 is 0. The summed E-state index contributed by atoms with van der Waals surface area (Å²) in [5, 5.41) is 2.26. The Hall–Kier alpha value is -1.28. The minimum atomic E-state index is 0.0138. The highest BCUT2D eigenvalue weighted by Gasteiger charge is 2.11. The van der Waals surface area contributed by atoms with E-state index in [1.165, 1.54) is 0 Å². The molecule has 1 atom stereocenters. The molecule has 0 saturated heterocycles. The van der Waals surface area contributed by atoms with Gasteiger partial charge in [0.25, 0.3) is 0 Å². The lowest BCUT2D eigenvalue weighted by atomic mass is 10.1. The van der Waals surface area contributed by atoms with Crippen molar-refractivity contribution in [2.75, 3.05) is 0 Å². The van der Waals surface area contributed by atoms with E-state index in [2.05, 4.69) is 6.92 Å². The fourth-order valence-corrected chi connectivity index (χ4v) is 1.49. The lowest BCUT2D eigenvalue weighted by molar-refractivity contribution is 0.466. The van der Waals surface area contributed by atoms with Crippen LogP contribution < -0.4 is 5.73 Å². The number of hydrogen-bond acceptors (Lipinski definition) is 2. The molecule has 0 fully saturated rings. The van der Waals surface area contributed by atoms with Crippen molar-refractivity contribution in [2.24, 2.45) is 5.73 Å². The van der Waals surface area contributed by atoms with Gasteiger partial charge >= 0.3 is 0 Å². The zero-order chi connectivity index (χ0) is 9.26. The lowest BCUT2D eigenvalue weighted by Crippen LogP contribution is -2.07. The zero-order valence-corrected chi connectivity index (χ0v) is 7.66. The summed E-state index contributed by atoms with van der Waals surface area (Å²) in [5.41, 5.74) is 5.91. The molecule has 0 aliphatic heterocycles. The highest BCUT2D eigenvalue weighted by atomic mass is 16.3. The second-order valence-electron chi connectivity index (χ2n) is 3.20. The summed E-state index contributed by atoms with van der Waals surface area (Å²) < 4.78 is 5.44. The van der Waals surface area contributed by atoms with Crippen LogP contribution in [-0.4, -0.2) is 0 Å². The Morgan fingerprint density at radius 3 is 2.92 bits per heavy atom. The van der Waals surface area contributed by atoms with Crippen LogP contribution in [0, 0.1) is 0 Å². The summed E-state index contributed by atoms with van der Waals surface area (Å²) in [6.45, 7) is 2.06. The van der Waals surface area contributed by atoms with Crippen molar-refractivity contribution in [2.45, 2.75) is 19.4 Å². The lowest BCUT2D eigenvalue weighted by Gasteiger charge is -2.04. The normalized spacial score (nSPS) is 13.4. The first kappa shape index (κ1) is 8.32. The van der Waals surface area contributed by atoms with Gasteiger partial charge in [0.05, 0.1) is 12.3 Å². The molecule has 0 amide bonds. The zero-order valence-electron chi connectivity index (χ0n) is 7.66. The molecule has 0 bridgehead atoms. The predicted molar refractivity (Wildman–Crippen MR) is 53.4 cm³/mol. The Kier molecular flexibility index (Phi) is 2.07. The van der Waals surface area contributed by atoms with Crippen molar-refractivity contribution in [3.63, 3.8) is 0 Å². The third-order valence-electron chi connectivity index (χ3n) is 2.32. The molecule has 0 aliphatic rings. The van der Waals surface area contributed by atoms with E-state index < -0.39 is 0 Å². The second kappa shape index (κ2) is 3.23. The van der Waals surface area contributed by atoms with Gasteiger partial charge in [0.15, 0.2) is 0 Å². The second-order valence-corrected chi connectivity index (χ2v) is 3.20. The van der Waals surface area contributed by atoms with Crippen molar-refractivity contribution in [3.05, 3.63) is 36.3 Å². The quantitative estimate of drug-likeness (QED) is 0.762. The van der Waals surface area contributed by atoms with Crippen LogP contribution in [0.1, 0.15) is 25.1 Å². The van der Waals surface area contributed by atoms with E-state index in [1.807, 2.05) is 24.3 Å². The molecule has 2 rings (SSSR count). The highest BCUT2D eigenvalue weighted by molar-refractivity contribution is 5.84. The molecule has 0 spiro atoms. The molecule has 0 saturated carbocycles. The maximum absolute atomic E-state index is 5.91. The van der Waals surface area contributed by atoms with Crippen LogP contribution in [0.3, 0.4) is 0 Å². The number of rotatable bonds is 2. The molecule has 2 heteroatoms. The van der Waals surface area contributed by atoms with E-state index >= 15 is 0 Å². The van der Waals surface area contributed by atoms with E-state index in [1.54, 1.807) is 6.26 Å². The van der Waals surface area contributed by atoms with Crippen LogP contribution >= 0.6 is 0 Å². The molecule has 1 unspecified atom stereocenters. The third kappa shape index (κ3) is 1.33. The van der Waals surface area contributed by atoms with Crippen LogP contribution in [0.25, 0.3) is 10.8 Å². The van der Waals surface area contributed by atoms with Crippen LogP contribution in [0.2, 0.25) is 0 Å². The van der Waals surface area contributed by atoms with Crippen LogP contribution in [0.15, 0.2) is 34.9 Å². The molecule has 0 aliphatic carbocycles. The van der Waals surface area contributed by atoms with E-state index in [0.717, 1.165) is 23.0 Å². The first-order valence-electron chi connectivity index (χ1n) is 4.54. The van der Waals surface area contributed by atoms with E-state index in [4.69, 9.17) is 10.2 Å². The molecular weight excluding hydrogens is 162 g/mol. The topological polar surface area (TPSA) is 39.2 Å². The van der Waals surface area contributed by atoms with Crippen molar-refractivity contribution in [1.82, 2.24) is 0 Å². The van der Waals surface area contributed by atoms with Crippen LogP contribution in [-0.2, 0) is 0 Å². The summed E-state index contributed by atoms with van der Waals surface area (Å²) in [7, 11) is 0. The molecule has 1 aromatic heterocycles. The van der Waals surface area contributed by atoms with Gasteiger partial charge in [-0.05, 0) is 6.42 Å². The summed E-state index contributed by atoms with van der Waals surface area (Å²) in [5.74, 6) is 0.901. The maximum atomic E-state index is 5.91. The van der Waals surface area contributed by atoms with Crippen molar-refractivity contribution >= 4 is 10.8 Å². The van der Waals surface area contributed by atoms with Gasteiger partial charge in [0.2, 0.25) is 0 Å². The fraction of sp³-hybridized carbons (Fsp3) is 0.273. The van der Waals surface area contributed by atoms with Crippen LogP contribution in [0.5, 0.6) is 0 Å². The van der Waals surface area contributed by atoms with Crippen molar-refractivity contribution in [3.8, 4) is 0 Å². The van der Waals surface area contributed by atoms with Crippen LogP contribution in [0.4, 0.5) is 0 Å². The van der Waals surface area contributed by atoms with Gasteiger partial charge in [-0.15, -0.1) is 0 Å². The Bertz CT molecular complexity index is 405. The van der Waals surface area contributed by atoms with Gasteiger partial charge in [0, 0.05) is 10.8 Å². The Morgan fingerprint density at radius 1 is 1.38 bits per heavy atom. The maximum Gasteiger partial charge on any atom is 0.128 e. The SMILES string of the molecule is CCC(N)c1occ2ccccc12. The highest BCUT2D eigenvalue weighted by Crippen LogP contribution is 2.26. The van der Waals surface area contributed by atoms with E-state index in [0.29, 0.717) is 0 Å².